The normalized spacial score (nSPS) is 43.4. The zero-order chi connectivity index (χ0) is 28.9. The molecule has 0 aliphatic heterocycles. The van der Waals surface area contributed by atoms with Crippen LogP contribution in [0.25, 0.3) is 6.08 Å². The van der Waals surface area contributed by atoms with Crippen molar-refractivity contribution in [3.8, 4) is 0 Å². The van der Waals surface area contributed by atoms with E-state index in [2.05, 4.69) is 39.8 Å². The molecule has 5 heteroatoms. The smallest absolute Gasteiger partial charge is 0.337 e. The van der Waals surface area contributed by atoms with Gasteiger partial charge in [0.2, 0.25) is 0 Å². The molecule has 4 fully saturated rings. The van der Waals surface area contributed by atoms with Crippen molar-refractivity contribution in [2.75, 3.05) is 7.11 Å². The minimum absolute atomic E-state index is 0.00197. The molecule has 5 nitrogen and oxygen atoms in total. The van der Waals surface area contributed by atoms with Crippen molar-refractivity contribution in [3.63, 3.8) is 0 Å². The zero-order valence-corrected chi connectivity index (χ0v) is 25.2. The number of nitrogens with one attached hydrogen (secondary N) is 1. The van der Waals surface area contributed by atoms with Crippen molar-refractivity contribution in [1.29, 1.82) is 5.41 Å². The van der Waals surface area contributed by atoms with Crippen molar-refractivity contribution in [1.82, 2.24) is 0 Å². The summed E-state index contributed by atoms with van der Waals surface area (Å²) in [6.45, 7) is 9.49. The number of methoxy groups -OCH3 is 1. The number of aliphatic hydroxyl groups excluding tert-OH is 2. The number of rotatable bonds is 7. The molecule has 1 aromatic rings. The molecule has 0 bridgehead atoms. The Hall–Kier alpha value is -1.98. The third-order valence-electron chi connectivity index (χ3n) is 13.0. The lowest BCUT2D eigenvalue weighted by atomic mass is 9.40. The van der Waals surface area contributed by atoms with Crippen molar-refractivity contribution in [2.45, 2.75) is 97.7 Å². The average molecular weight is 550 g/mol. The zero-order valence-electron chi connectivity index (χ0n) is 25.2. The Morgan fingerprint density at radius 1 is 1.07 bits per heavy atom. The summed E-state index contributed by atoms with van der Waals surface area (Å²) in [5.41, 5.74) is 1.62. The lowest BCUT2D eigenvalue weighted by Crippen LogP contribution is -2.63. The first kappa shape index (κ1) is 29.5. The number of hydrogen-bond donors (Lipinski definition) is 3. The number of carbonyl (C=O) groups is 1. The van der Waals surface area contributed by atoms with Crippen molar-refractivity contribution in [3.05, 3.63) is 41.5 Å². The predicted molar refractivity (Wildman–Crippen MR) is 160 cm³/mol. The quantitative estimate of drug-likeness (QED) is 0.249. The molecule has 0 saturated heterocycles. The maximum absolute atomic E-state index is 12.0. The Balaban J connectivity index is 1.37. The molecule has 5 rings (SSSR count). The molecule has 0 heterocycles. The lowest BCUT2D eigenvalue weighted by molar-refractivity contribution is -0.206. The van der Waals surface area contributed by atoms with E-state index in [1.165, 1.54) is 7.11 Å². The van der Waals surface area contributed by atoms with Gasteiger partial charge < -0.3 is 20.4 Å². The van der Waals surface area contributed by atoms with Gasteiger partial charge in [-0.15, -0.1) is 0 Å². The first-order valence-electron chi connectivity index (χ1n) is 15.8. The predicted octanol–water partition coefficient (Wildman–Crippen LogP) is 7.16. The second-order valence-corrected chi connectivity index (χ2v) is 14.2. The van der Waals surface area contributed by atoms with Gasteiger partial charge in [-0.1, -0.05) is 58.4 Å². The largest absolute Gasteiger partial charge is 0.465 e. The number of carbonyl (C=O) groups excluding carboxylic acids is 1. The van der Waals surface area contributed by atoms with E-state index in [0.717, 1.165) is 63.4 Å². The van der Waals surface area contributed by atoms with Gasteiger partial charge in [0.1, 0.15) is 0 Å². The average Bonchev–Trinajstić information content (AvgIpc) is 3.27. The maximum atomic E-state index is 12.0. The molecular formula is C35H51NO4. The number of aliphatic hydroxyl groups is 2. The summed E-state index contributed by atoms with van der Waals surface area (Å²) in [4.78, 5) is 11.7. The van der Waals surface area contributed by atoms with Crippen molar-refractivity contribution < 1.29 is 19.7 Å². The Kier molecular flexibility index (Phi) is 8.13. The van der Waals surface area contributed by atoms with Gasteiger partial charge in [-0.3, -0.25) is 0 Å². The number of ether oxygens (including phenoxy) is 1. The maximum Gasteiger partial charge on any atom is 0.337 e. The van der Waals surface area contributed by atoms with E-state index in [4.69, 9.17) is 10.1 Å². The standard InChI is InChI=1S/C35H51NO4/c1-6-26-29-20-25(37)14-17-33(29,3)27-15-18-34(4)28(30(27)31(26)38)16-19-35(34,21-36)22(2)8-7-9-23-10-12-24(13-11-23)32(39)40-5/h7,9-13,21-22,25-31,36-38H,6,8,14-20H2,1-5H3/b9-7+,36-21?/t22-,25-,26-,27?,28?,29?,30?,31-,33-,34+,35?/m1/s1. The van der Waals surface area contributed by atoms with E-state index in [1.54, 1.807) is 18.3 Å². The summed E-state index contributed by atoms with van der Waals surface area (Å²) in [6.07, 6.45) is 14.6. The molecule has 0 aromatic heterocycles. The SMILES string of the molecule is CC[C@@H]1C2C[C@H](O)CC[C@]2(C)C2CC[C@@]3(C)C(CCC3(C=N)[C@H](C)C/C=C/c3ccc(C(=O)OC)cc3)C2[C@@H]1O. The third-order valence-corrected chi connectivity index (χ3v) is 13.0. The first-order valence-corrected chi connectivity index (χ1v) is 15.8. The highest BCUT2D eigenvalue weighted by Crippen LogP contribution is 2.72. The molecule has 4 saturated carbocycles. The van der Waals surface area contributed by atoms with Gasteiger partial charge in [-0.25, -0.2) is 4.79 Å². The van der Waals surface area contributed by atoms with Gasteiger partial charge >= 0.3 is 5.97 Å². The molecule has 3 N–H and O–H groups in total. The van der Waals surface area contributed by atoms with Crippen LogP contribution in [0.15, 0.2) is 30.3 Å². The molecule has 4 aliphatic carbocycles. The van der Waals surface area contributed by atoms with E-state index < -0.39 is 0 Å². The fourth-order valence-corrected chi connectivity index (χ4v) is 10.7. The van der Waals surface area contributed by atoms with E-state index in [-0.39, 0.29) is 46.3 Å². The molecule has 1 aromatic carbocycles. The van der Waals surface area contributed by atoms with Crippen LogP contribution in [0.4, 0.5) is 0 Å². The van der Waals surface area contributed by atoms with Gasteiger partial charge in [-0.2, -0.15) is 0 Å². The Morgan fingerprint density at radius 3 is 2.42 bits per heavy atom. The molecule has 220 valence electrons. The molecular weight excluding hydrogens is 498 g/mol. The number of allylic oxidation sites excluding steroid dienone is 1. The Morgan fingerprint density at radius 2 is 1.77 bits per heavy atom. The topological polar surface area (TPSA) is 90.6 Å². The molecule has 0 radical (unpaired) electrons. The number of benzene rings is 1. The summed E-state index contributed by atoms with van der Waals surface area (Å²) in [5.74, 6) is 1.88. The highest BCUT2D eigenvalue weighted by molar-refractivity contribution is 5.89. The lowest BCUT2D eigenvalue weighted by Gasteiger charge is -2.65. The molecule has 0 spiro atoms. The highest BCUT2D eigenvalue weighted by Gasteiger charge is 2.68. The summed E-state index contributed by atoms with van der Waals surface area (Å²) < 4.78 is 4.81. The first-order chi connectivity index (χ1) is 19.1. The van der Waals surface area contributed by atoms with Crippen LogP contribution >= 0.6 is 0 Å². The Bertz CT molecular complexity index is 1110. The minimum atomic E-state index is -0.324. The van der Waals surface area contributed by atoms with Crippen molar-refractivity contribution >= 4 is 18.3 Å². The van der Waals surface area contributed by atoms with Gasteiger partial charge in [-0.05, 0) is 115 Å². The summed E-state index contributed by atoms with van der Waals surface area (Å²) >= 11 is 0. The van der Waals surface area contributed by atoms with Crippen LogP contribution < -0.4 is 0 Å². The van der Waals surface area contributed by atoms with Gasteiger partial charge in [0, 0.05) is 11.6 Å². The summed E-state index contributed by atoms with van der Waals surface area (Å²) in [5, 5.41) is 31.4. The molecule has 11 atom stereocenters. The van der Waals surface area contributed by atoms with Crippen LogP contribution in [0.1, 0.15) is 101 Å². The van der Waals surface area contributed by atoms with Gasteiger partial charge in [0.25, 0.3) is 0 Å². The fraction of sp³-hybridized carbons (Fsp3) is 0.714. The Labute approximate surface area is 241 Å². The molecule has 0 amide bonds. The highest BCUT2D eigenvalue weighted by atomic mass is 16.5. The molecule has 5 unspecified atom stereocenters. The second kappa shape index (κ2) is 11.0. The third kappa shape index (κ3) is 4.42. The summed E-state index contributed by atoms with van der Waals surface area (Å²) in [6, 6.07) is 7.49. The van der Waals surface area contributed by atoms with Crippen LogP contribution in [0.3, 0.4) is 0 Å². The molecule has 40 heavy (non-hydrogen) atoms. The van der Waals surface area contributed by atoms with E-state index >= 15 is 0 Å². The number of esters is 1. The van der Waals surface area contributed by atoms with Crippen LogP contribution in [0.2, 0.25) is 0 Å². The van der Waals surface area contributed by atoms with Gasteiger partial charge in [0.15, 0.2) is 0 Å². The van der Waals surface area contributed by atoms with E-state index in [0.29, 0.717) is 29.2 Å². The van der Waals surface area contributed by atoms with Crippen molar-refractivity contribution in [2.24, 2.45) is 51.8 Å². The van der Waals surface area contributed by atoms with Gasteiger partial charge in [0.05, 0.1) is 24.9 Å². The number of fused-ring (bicyclic) bond motifs is 5. The minimum Gasteiger partial charge on any atom is -0.465 e. The second-order valence-electron chi connectivity index (χ2n) is 14.2. The van der Waals surface area contributed by atoms with Crippen LogP contribution in [0, 0.1) is 57.2 Å². The fourth-order valence-electron chi connectivity index (χ4n) is 10.7. The summed E-state index contributed by atoms with van der Waals surface area (Å²) in [7, 11) is 1.40. The van der Waals surface area contributed by atoms with Crippen LogP contribution in [0.5, 0.6) is 0 Å². The van der Waals surface area contributed by atoms with Crippen LogP contribution in [-0.4, -0.2) is 41.7 Å². The molecule has 4 aliphatic rings. The van der Waals surface area contributed by atoms with E-state index in [9.17, 15) is 15.0 Å². The monoisotopic (exact) mass is 549 g/mol. The number of hydrogen-bond acceptors (Lipinski definition) is 5. The van der Waals surface area contributed by atoms with Crippen LogP contribution in [-0.2, 0) is 4.74 Å². The van der Waals surface area contributed by atoms with E-state index in [1.807, 2.05) is 12.1 Å².